The number of carbonyl (C=O) groups excluding carboxylic acids is 1. The van der Waals surface area contributed by atoms with Gasteiger partial charge in [-0.2, -0.15) is 17.6 Å². The minimum absolute atomic E-state index is 0.180. The molecular weight excluding hydrogens is 382 g/mol. The molecule has 12 heteroatoms. The van der Waals surface area contributed by atoms with Crippen molar-refractivity contribution in [2.24, 2.45) is 0 Å². The molecule has 0 aliphatic carbocycles. The fourth-order valence-corrected chi connectivity index (χ4v) is 3.73. The monoisotopic (exact) mass is 402 g/mol. The highest BCUT2D eigenvalue weighted by Crippen LogP contribution is 2.24. The molecule has 0 saturated heterocycles. The van der Waals surface area contributed by atoms with Gasteiger partial charge in [-0.3, -0.25) is 0 Å². The maximum absolute atomic E-state index is 12.6. The van der Waals surface area contributed by atoms with Crippen LogP contribution in [-0.2, 0) is 29.7 Å². The van der Waals surface area contributed by atoms with E-state index in [1.165, 1.54) is 11.1 Å². The number of hydrogen-bond donors (Lipinski definition) is 1. The number of nitrogens with zero attached hydrogens (tertiary/aromatic N) is 5. The summed E-state index contributed by atoms with van der Waals surface area (Å²) < 4.78 is 51.8. The lowest BCUT2D eigenvalue weighted by molar-refractivity contribution is 0.126. The molecule has 1 aliphatic heterocycles. The van der Waals surface area contributed by atoms with E-state index in [4.69, 9.17) is 0 Å². The lowest BCUT2D eigenvalue weighted by atomic mass is 10.1. The van der Waals surface area contributed by atoms with E-state index in [9.17, 15) is 22.0 Å². The Bertz CT molecular complexity index is 937. The molecule has 0 unspecified atom stereocenters. The molecule has 1 N–H and O–H groups in total. The van der Waals surface area contributed by atoms with E-state index in [0.29, 0.717) is 11.3 Å². The van der Waals surface area contributed by atoms with Gasteiger partial charge in [0.05, 0.1) is 31.7 Å². The second-order valence-electron chi connectivity index (χ2n) is 7.31. The van der Waals surface area contributed by atoms with E-state index in [0.717, 1.165) is 21.2 Å². The van der Waals surface area contributed by atoms with Gasteiger partial charge in [0.25, 0.3) is 6.43 Å². The molecule has 9 nitrogen and oxygen atoms in total. The summed E-state index contributed by atoms with van der Waals surface area (Å²) in [6.45, 7) is 5.35. The maximum Gasteiger partial charge on any atom is 0.318 e. The first-order valence-corrected chi connectivity index (χ1v) is 9.60. The molecule has 0 radical (unpaired) electrons. The predicted octanol–water partition coefficient (Wildman–Crippen LogP) is 1.41. The first-order valence-electron chi connectivity index (χ1n) is 8.16. The van der Waals surface area contributed by atoms with Crippen molar-refractivity contribution in [3.63, 3.8) is 0 Å². The summed E-state index contributed by atoms with van der Waals surface area (Å²) in [4.78, 5) is 17.4. The van der Waals surface area contributed by atoms with Gasteiger partial charge in [-0.15, -0.1) is 0 Å². The molecule has 148 valence electrons. The smallest absolute Gasteiger partial charge is 0.318 e. The van der Waals surface area contributed by atoms with Crippen LogP contribution < -0.4 is 5.32 Å². The zero-order valence-electron chi connectivity index (χ0n) is 15.1. The number of hydrogen-bond acceptors (Lipinski definition) is 5. The third kappa shape index (κ3) is 4.10. The average molecular weight is 402 g/mol. The molecule has 0 spiro atoms. The van der Waals surface area contributed by atoms with Crippen LogP contribution in [0.2, 0.25) is 0 Å². The Morgan fingerprint density at radius 1 is 1.30 bits per heavy atom. The standard InChI is InChI=1S/C15H20F2N6O3S/c1-15(2,3)19-14(24)22-4-10-5-23(20-11(10)6-22)27(25,26)13-8-21(9-18-13)7-12(16)17/h5,8-9,12H,4,6-7H2,1-3H3,(H,19,24). The zero-order valence-corrected chi connectivity index (χ0v) is 15.9. The Kier molecular flexibility index (Phi) is 4.70. The molecule has 0 bridgehead atoms. The predicted molar refractivity (Wildman–Crippen MR) is 90.6 cm³/mol. The van der Waals surface area contributed by atoms with Crippen molar-refractivity contribution in [1.29, 1.82) is 0 Å². The quantitative estimate of drug-likeness (QED) is 0.833. The average Bonchev–Trinajstić information content (AvgIpc) is 3.17. The highest BCUT2D eigenvalue weighted by molar-refractivity contribution is 7.89. The number of fused-ring (bicyclic) bond motifs is 1. The molecule has 1 aliphatic rings. The number of aromatic nitrogens is 4. The van der Waals surface area contributed by atoms with E-state index in [-0.39, 0.29) is 24.1 Å². The van der Waals surface area contributed by atoms with Crippen molar-refractivity contribution in [3.8, 4) is 0 Å². The van der Waals surface area contributed by atoms with Crippen molar-refractivity contribution >= 4 is 16.1 Å². The Labute approximate surface area is 155 Å². The Morgan fingerprint density at radius 2 is 2.00 bits per heavy atom. The fraction of sp³-hybridized carbons (Fsp3) is 0.533. The number of alkyl halides is 2. The number of imidazole rings is 1. The van der Waals surface area contributed by atoms with Gasteiger partial charge in [-0.25, -0.2) is 18.6 Å². The van der Waals surface area contributed by atoms with Crippen LogP contribution >= 0.6 is 0 Å². The molecule has 27 heavy (non-hydrogen) atoms. The maximum atomic E-state index is 12.6. The van der Waals surface area contributed by atoms with Gasteiger partial charge in [0.1, 0.15) is 0 Å². The molecule has 0 aromatic carbocycles. The summed E-state index contributed by atoms with van der Waals surface area (Å²) in [6.07, 6.45) is 0.779. The highest BCUT2D eigenvalue weighted by atomic mass is 32.2. The normalized spacial score (nSPS) is 14.7. The highest BCUT2D eigenvalue weighted by Gasteiger charge is 2.31. The van der Waals surface area contributed by atoms with Crippen LogP contribution in [0.4, 0.5) is 13.6 Å². The van der Waals surface area contributed by atoms with E-state index < -0.39 is 28.5 Å². The number of urea groups is 1. The number of halogens is 2. The van der Waals surface area contributed by atoms with Gasteiger partial charge in [-0.05, 0) is 20.8 Å². The molecule has 0 atom stereocenters. The largest absolute Gasteiger partial charge is 0.333 e. The van der Waals surface area contributed by atoms with E-state index in [2.05, 4.69) is 15.4 Å². The lowest BCUT2D eigenvalue weighted by Crippen LogP contribution is -2.46. The molecular formula is C15H20F2N6O3S. The summed E-state index contributed by atoms with van der Waals surface area (Å²) in [7, 11) is -4.09. The van der Waals surface area contributed by atoms with Gasteiger partial charge in [-0.1, -0.05) is 0 Å². The van der Waals surface area contributed by atoms with E-state index >= 15 is 0 Å². The van der Waals surface area contributed by atoms with Crippen LogP contribution in [0.1, 0.15) is 32.0 Å². The SMILES string of the molecule is CC(C)(C)NC(=O)N1Cc2cn(S(=O)(=O)c3cn(CC(F)F)cn3)nc2C1. The van der Waals surface area contributed by atoms with E-state index in [1.807, 2.05) is 20.8 Å². The summed E-state index contributed by atoms with van der Waals surface area (Å²) in [5.74, 6) is 0. The minimum Gasteiger partial charge on any atom is -0.333 e. The van der Waals surface area contributed by atoms with Crippen molar-refractivity contribution in [1.82, 2.24) is 29.0 Å². The third-order valence-corrected chi connectivity index (χ3v) is 5.22. The second-order valence-corrected chi connectivity index (χ2v) is 9.06. The van der Waals surface area contributed by atoms with Crippen LogP contribution in [-0.4, -0.2) is 50.1 Å². The van der Waals surface area contributed by atoms with Crippen LogP contribution in [0.25, 0.3) is 0 Å². The van der Waals surface area contributed by atoms with Crippen LogP contribution in [0.15, 0.2) is 23.7 Å². The number of amides is 2. The first-order chi connectivity index (χ1) is 12.5. The molecule has 2 aromatic heterocycles. The molecule has 3 rings (SSSR count). The van der Waals surface area contributed by atoms with Crippen molar-refractivity contribution in [2.75, 3.05) is 0 Å². The summed E-state index contributed by atoms with van der Waals surface area (Å²) in [5, 5.41) is 6.51. The van der Waals surface area contributed by atoms with Gasteiger partial charge in [0.15, 0.2) is 5.03 Å². The number of nitrogens with one attached hydrogen (secondary N) is 1. The lowest BCUT2D eigenvalue weighted by Gasteiger charge is -2.25. The number of rotatable bonds is 4. The molecule has 0 fully saturated rings. The summed E-state index contributed by atoms with van der Waals surface area (Å²) >= 11 is 0. The number of carbonyl (C=O) groups is 1. The molecule has 3 heterocycles. The Balaban J connectivity index is 1.76. The van der Waals surface area contributed by atoms with Crippen molar-refractivity contribution in [2.45, 2.75) is 57.4 Å². The zero-order chi connectivity index (χ0) is 20.0. The third-order valence-electron chi connectivity index (χ3n) is 3.80. The minimum atomic E-state index is -4.09. The second kappa shape index (κ2) is 6.59. The molecule has 2 amide bonds. The van der Waals surface area contributed by atoms with Gasteiger partial charge < -0.3 is 14.8 Å². The Morgan fingerprint density at radius 3 is 2.59 bits per heavy atom. The van der Waals surface area contributed by atoms with Crippen LogP contribution in [0, 0.1) is 0 Å². The van der Waals surface area contributed by atoms with Crippen LogP contribution in [0.3, 0.4) is 0 Å². The van der Waals surface area contributed by atoms with Crippen LogP contribution in [0.5, 0.6) is 0 Å². The van der Waals surface area contributed by atoms with Gasteiger partial charge >= 0.3 is 16.1 Å². The van der Waals surface area contributed by atoms with Crippen molar-refractivity contribution < 1.29 is 22.0 Å². The summed E-state index contributed by atoms with van der Waals surface area (Å²) in [5.41, 5.74) is 0.682. The fourth-order valence-electron chi connectivity index (χ4n) is 2.62. The molecule has 0 saturated carbocycles. The van der Waals surface area contributed by atoms with Crippen molar-refractivity contribution in [3.05, 3.63) is 30.0 Å². The van der Waals surface area contributed by atoms with Gasteiger partial charge in [0.2, 0.25) is 0 Å². The first kappa shape index (κ1) is 19.3. The molecule has 2 aromatic rings. The Hall–Kier alpha value is -2.50. The topological polar surface area (TPSA) is 102 Å². The van der Waals surface area contributed by atoms with Gasteiger partial charge in [0, 0.05) is 23.5 Å². The summed E-state index contributed by atoms with van der Waals surface area (Å²) in [6, 6.07) is -0.263. The van der Waals surface area contributed by atoms with E-state index in [1.54, 1.807) is 0 Å².